The molecule has 0 bridgehead atoms. The highest BCUT2D eigenvalue weighted by Crippen LogP contribution is 2.24. The van der Waals surface area contributed by atoms with E-state index in [1.807, 2.05) is 0 Å². The molecule has 1 rings (SSSR count). The van der Waals surface area contributed by atoms with Crippen molar-refractivity contribution in [2.45, 2.75) is 70.9 Å². The molecular formula is C13H27NO. The maximum atomic E-state index is 9.44. The third kappa shape index (κ3) is 4.98. The van der Waals surface area contributed by atoms with E-state index in [4.69, 9.17) is 0 Å². The van der Waals surface area contributed by atoms with E-state index in [2.05, 4.69) is 19.2 Å². The van der Waals surface area contributed by atoms with E-state index >= 15 is 0 Å². The Bertz CT molecular complexity index is 155. The van der Waals surface area contributed by atoms with E-state index in [-0.39, 0.29) is 6.10 Å². The molecule has 0 spiro atoms. The van der Waals surface area contributed by atoms with Crippen LogP contribution in [0.1, 0.15) is 58.8 Å². The summed E-state index contributed by atoms with van der Waals surface area (Å²) in [6, 6.07) is 0.706. The van der Waals surface area contributed by atoms with Crippen LogP contribution in [0.25, 0.3) is 0 Å². The van der Waals surface area contributed by atoms with Gasteiger partial charge in [-0.25, -0.2) is 0 Å². The highest BCUT2D eigenvalue weighted by molar-refractivity contribution is 4.78. The Balaban J connectivity index is 2.15. The van der Waals surface area contributed by atoms with Gasteiger partial charge < -0.3 is 10.4 Å². The van der Waals surface area contributed by atoms with Crippen LogP contribution in [0.15, 0.2) is 0 Å². The second-order valence-corrected chi connectivity index (χ2v) is 5.02. The van der Waals surface area contributed by atoms with Crippen molar-refractivity contribution in [1.29, 1.82) is 0 Å². The van der Waals surface area contributed by atoms with Crippen molar-refractivity contribution < 1.29 is 5.11 Å². The summed E-state index contributed by atoms with van der Waals surface area (Å²) in [5.74, 6) is 0.719. The molecule has 2 unspecified atom stereocenters. The fourth-order valence-corrected chi connectivity index (χ4v) is 2.61. The van der Waals surface area contributed by atoms with Gasteiger partial charge in [0.2, 0.25) is 0 Å². The van der Waals surface area contributed by atoms with Gasteiger partial charge in [0.1, 0.15) is 0 Å². The maximum absolute atomic E-state index is 9.44. The van der Waals surface area contributed by atoms with Gasteiger partial charge in [-0.3, -0.25) is 0 Å². The molecule has 0 aliphatic heterocycles. The van der Waals surface area contributed by atoms with Crippen LogP contribution in [0.5, 0.6) is 0 Å². The van der Waals surface area contributed by atoms with Gasteiger partial charge in [-0.1, -0.05) is 26.7 Å². The topological polar surface area (TPSA) is 32.3 Å². The average Bonchev–Trinajstić information content (AvgIpc) is 2.61. The zero-order valence-electron chi connectivity index (χ0n) is 10.3. The molecule has 2 nitrogen and oxygen atoms in total. The van der Waals surface area contributed by atoms with Gasteiger partial charge in [-0.05, 0) is 44.6 Å². The van der Waals surface area contributed by atoms with E-state index in [0.717, 1.165) is 25.3 Å². The number of nitrogens with one attached hydrogen (secondary N) is 1. The van der Waals surface area contributed by atoms with Crippen LogP contribution in [0.3, 0.4) is 0 Å². The van der Waals surface area contributed by atoms with Gasteiger partial charge in [0, 0.05) is 6.04 Å². The van der Waals surface area contributed by atoms with Gasteiger partial charge in [0.15, 0.2) is 0 Å². The molecule has 90 valence electrons. The molecular weight excluding hydrogens is 186 g/mol. The Morgan fingerprint density at radius 3 is 2.33 bits per heavy atom. The summed E-state index contributed by atoms with van der Waals surface area (Å²) in [5.41, 5.74) is 0. The largest absolute Gasteiger partial charge is 0.393 e. The van der Waals surface area contributed by atoms with Crippen molar-refractivity contribution in [3.05, 3.63) is 0 Å². The van der Waals surface area contributed by atoms with Crippen LogP contribution in [0.4, 0.5) is 0 Å². The Hall–Kier alpha value is -0.0800. The highest BCUT2D eigenvalue weighted by Gasteiger charge is 2.22. The molecule has 0 aromatic carbocycles. The molecule has 1 saturated carbocycles. The fraction of sp³-hybridized carbons (Fsp3) is 1.00. The first-order chi connectivity index (χ1) is 7.26. The summed E-state index contributed by atoms with van der Waals surface area (Å²) in [4.78, 5) is 0. The zero-order chi connectivity index (χ0) is 11.1. The van der Waals surface area contributed by atoms with Crippen molar-refractivity contribution >= 4 is 0 Å². The minimum Gasteiger partial charge on any atom is -0.393 e. The summed E-state index contributed by atoms with van der Waals surface area (Å²) in [7, 11) is 0. The van der Waals surface area contributed by atoms with Gasteiger partial charge >= 0.3 is 0 Å². The standard InChI is InChI=1S/C13H27NO/c1-3-5-12(6-4-2)14-10-11-7-8-13(15)9-11/h11-15H,3-10H2,1-2H3. The van der Waals surface area contributed by atoms with E-state index in [1.54, 1.807) is 0 Å². The lowest BCUT2D eigenvalue weighted by atomic mass is 10.0. The third-order valence-corrected chi connectivity index (χ3v) is 3.48. The van der Waals surface area contributed by atoms with E-state index in [1.165, 1.54) is 32.1 Å². The van der Waals surface area contributed by atoms with Gasteiger partial charge in [0.05, 0.1) is 6.10 Å². The molecule has 0 heterocycles. The van der Waals surface area contributed by atoms with Crippen molar-refractivity contribution in [2.24, 2.45) is 5.92 Å². The minimum atomic E-state index is -0.0207. The molecule has 0 radical (unpaired) electrons. The number of rotatable bonds is 7. The molecule has 0 aromatic rings. The Morgan fingerprint density at radius 2 is 1.87 bits per heavy atom. The number of aliphatic hydroxyl groups excluding tert-OH is 1. The summed E-state index contributed by atoms with van der Waals surface area (Å²) in [6.45, 7) is 5.62. The lowest BCUT2D eigenvalue weighted by Crippen LogP contribution is -2.32. The molecule has 1 aliphatic carbocycles. The van der Waals surface area contributed by atoms with Gasteiger partial charge in [0.25, 0.3) is 0 Å². The van der Waals surface area contributed by atoms with Crippen LogP contribution in [-0.4, -0.2) is 23.8 Å². The quantitative estimate of drug-likeness (QED) is 0.681. The minimum absolute atomic E-state index is 0.0207. The predicted molar refractivity (Wildman–Crippen MR) is 65.0 cm³/mol. The molecule has 0 saturated heterocycles. The van der Waals surface area contributed by atoms with Gasteiger partial charge in [-0.2, -0.15) is 0 Å². The molecule has 2 heteroatoms. The number of hydrogen-bond acceptors (Lipinski definition) is 2. The lowest BCUT2D eigenvalue weighted by molar-refractivity contribution is 0.177. The van der Waals surface area contributed by atoms with E-state index in [0.29, 0.717) is 6.04 Å². The molecule has 2 atom stereocenters. The normalized spacial score (nSPS) is 26.4. The molecule has 2 N–H and O–H groups in total. The number of hydrogen-bond donors (Lipinski definition) is 2. The van der Waals surface area contributed by atoms with Crippen LogP contribution in [0, 0.1) is 5.92 Å². The third-order valence-electron chi connectivity index (χ3n) is 3.48. The van der Waals surface area contributed by atoms with Crippen molar-refractivity contribution in [2.75, 3.05) is 6.54 Å². The Kier molecular flexibility index (Phi) is 6.26. The van der Waals surface area contributed by atoms with Crippen LogP contribution >= 0.6 is 0 Å². The summed E-state index contributed by atoms with van der Waals surface area (Å²) >= 11 is 0. The molecule has 0 aromatic heterocycles. The first-order valence-electron chi connectivity index (χ1n) is 6.67. The Morgan fingerprint density at radius 1 is 1.20 bits per heavy atom. The van der Waals surface area contributed by atoms with E-state index in [9.17, 15) is 5.11 Å². The number of aliphatic hydroxyl groups is 1. The van der Waals surface area contributed by atoms with Crippen LogP contribution < -0.4 is 5.32 Å². The van der Waals surface area contributed by atoms with E-state index < -0.39 is 0 Å². The second kappa shape index (κ2) is 7.24. The highest BCUT2D eigenvalue weighted by atomic mass is 16.3. The first kappa shape index (κ1) is 13.0. The van der Waals surface area contributed by atoms with Crippen LogP contribution in [-0.2, 0) is 0 Å². The van der Waals surface area contributed by atoms with Crippen LogP contribution in [0.2, 0.25) is 0 Å². The predicted octanol–water partition coefficient (Wildman–Crippen LogP) is 2.71. The molecule has 1 aliphatic rings. The first-order valence-corrected chi connectivity index (χ1v) is 6.67. The monoisotopic (exact) mass is 213 g/mol. The summed E-state index contributed by atoms with van der Waals surface area (Å²) < 4.78 is 0. The maximum Gasteiger partial charge on any atom is 0.0543 e. The second-order valence-electron chi connectivity index (χ2n) is 5.02. The zero-order valence-corrected chi connectivity index (χ0v) is 10.3. The van der Waals surface area contributed by atoms with Gasteiger partial charge in [-0.15, -0.1) is 0 Å². The van der Waals surface area contributed by atoms with Crippen molar-refractivity contribution in [3.63, 3.8) is 0 Å². The molecule has 0 amide bonds. The SMILES string of the molecule is CCCC(CCC)NCC1CCC(O)C1. The summed E-state index contributed by atoms with van der Waals surface area (Å²) in [5, 5.41) is 13.1. The fourth-order valence-electron chi connectivity index (χ4n) is 2.61. The summed E-state index contributed by atoms with van der Waals surface area (Å²) in [6.07, 6.45) is 8.34. The molecule has 15 heavy (non-hydrogen) atoms. The lowest BCUT2D eigenvalue weighted by Gasteiger charge is -2.20. The molecule has 1 fully saturated rings. The van der Waals surface area contributed by atoms with Crippen molar-refractivity contribution in [1.82, 2.24) is 5.32 Å². The smallest absolute Gasteiger partial charge is 0.0543 e. The van der Waals surface area contributed by atoms with Crippen molar-refractivity contribution in [3.8, 4) is 0 Å². The Labute approximate surface area is 94.5 Å². The average molecular weight is 213 g/mol.